The van der Waals surface area contributed by atoms with Crippen LogP contribution in [0.3, 0.4) is 0 Å². The van der Waals surface area contributed by atoms with Gasteiger partial charge >= 0.3 is 0 Å². The van der Waals surface area contributed by atoms with Gasteiger partial charge < -0.3 is 0 Å². The number of hydrogen-bond donors (Lipinski definition) is 0. The zero-order chi connectivity index (χ0) is 9.07. The Labute approximate surface area is 69.4 Å². The van der Waals surface area contributed by atoms with Gasteiger partial charge in [0, 0.05) is 17.1 Å². The summed E-state index contributed by atoms with van der Waals surface area (Å²) in [4.78, 5) is 10.2. The van der Waals surface area contributed by atoms with Crippen molar-refractivity contribution in [3.05, 3.63) is 4.91 Å². The van der Waals surface area contributed by atoms with Crippen molar-refractivity contribution in [3.63, 3.8) is 0 Å². The average molecular weight is 178 g/mol. The van der Waals surface area contributed by atoms with Crippen LogP contribution in [-0.2, 0) is 10.8 Å². The third-order valence-electron chi connectivity index (χ3n) is 1.18. The summed E-state index contributed by atoms with van der Waals surface area (Å²) < 4.78 is 10.7. The van der Waals surface area contributed by atoms with Crippen LogP contribution in [0.5, 0.6) is 0 Å². The van der Waals surface area contributed by atoms with E-state index in [1.165, 1.54) is 5.01 Å². The third kappa shape index (κ3) is 4.08. The highest BCUT2D eigenvalue weighted by atomic mass is 32.2. The SMILES string of the molecule is CS(=O)CN(N=O)C(C)(C)C. The highest BCUT2D eigenvalue weighted by Crippen LogP contribution is 2.12. The van der Waals surface area contributed by atoms with Crippen LogP contribution in [-0.4, -0.2) is 26.9 Å². The molecule has 0 N–H and O–H groups in total. The van der Waals surface area contributed by atoms with E-state index < -0.39 is 10.8 Å². The first-order valence-corrected chi connectivity index (χ1v) is 5.01. The molecule has 0 bridgehead atoms. The van der Waals surface area contributed by atoms with Gasteiger partial charge in [-0.3, -0.25) is 4.21 Å². The molecule has 0 aliphatic carbocycles. The monoisotopic (exact) mass is 178 g/mol. The molecule has 0 radical (unpaired) electrons. The summed E-state index contributed by atoms with van der Waals surface area (Å²) in [5.41, 5.74) is -0.340. The van der Waals surface area contributed by atoms with Crippen LogP contribution in [0.1, 0.15) is 20.8 Å². The smallest absolute Gasteiger partial charge is 0.115 e. The zero-order valence-electron chi connectivity index (χ0n) is 7.33. The maximum Gasteiger partial charge on any atom is 0.115 e. The minimum atomic E-state index is -1.01. The molecule has 0 aliphatic heterocycles. The summed E-state index contributed by atoms with van der Waals surface area (Å²) in [5, 5.41) is 4.07. The zero-order valence-corrected chi connectivity index (χ0v) is 8.14. The topological polar surface area (TPSA) is 49.7 Å². The molecule has 0 aromatic heterocycles. The predicted molar refractivity (Wildman–Crippen MR) is 46.3 cm³/mol. The molecule has 1 unspecified atom stereocenters. The van der Waals surface area contributed by atoms with Gasteiger partial charge in [0.25, 0.3) is 0 Å². The minimum absolute atomic E-state index is 0.201. The van der Waals surface area contributed by atoms with Crippen LogP contribution in [0.15, 0.2) is 5.29 Å². The summed E-state index contributed by atoms with van der Waals surface area (Å²) in [6.07, 6.45) is 1.55. The van der Waals surface area contributed by atoms with Crippen LogP contribution in [0.25, 0.3) is 0 Å². The molecule has 0 aliphatic rings. The van der Waals surface area contributed by atoms with Gasteiger partial charge in [0.1, 0.15) is 5.88 Å². The van der Waals surface area contributed by atoms with Gasteiger partial charge in [-0.1, -0.05) is 0 Å². The van der Waals surface area contributed by atoms with Crippen molar-refractivity contribution in [2.75, 3.05) is 12.1 Å². The highest BCUT2D eigenvalue weighted by Gasteiger charge is 2.21. The Kier molecular flexibility index (Phi) is 3.65. The molecule has 0 aromatic carbocycles. The number of nitroso groups, excluding NO2 is 1. The lowest BCUT2D eigenvalue weighted by atomic mass is 10.1. The molecule has 11 heavy (non-hydrogen) atoms. The first-order chi connectivity index (χ1) is 4.88. The highest BCUT2D eigenvalue weighted by molar-refractivity contribution is 7.84. The van der Waals surface area contributed by atoms with E-state index >= 15 is 0 Å². The molecule has 0 aromatic rings. The lowest BCUT2D eigenvalue weighted by Gasteiger charge is -2.28. The van der Waals surface area contributed by atoms with E-state index in [0.717, 1.165) is 0 Å². The van der Waals surface area contributed by atoms with E-state index in [9.17, 15) is 9.12 Å². The molecule has 4 nitrogen and oxygen atoms in total. The quantitative estimate of drug-likeness (QED) is 0.480. The minimum Gasteiger partial charge on any atom is -0.258 e. The standard InChI is InChI=1S/C6H14N2O2S/c1-6(2,3)8(7-9)5-11(4)10/h5H2,1-4H3. The van der Waals surface area contributed by atoms with Crippen LogP contribution in [0.2, 0.25) is 0 Å². The summed E-state index contributed by atoms with van der Waals surface area (Å²) >= 11 is 0. The lowest BCUT2D eigenvalue weighted by Crippen LogP contribution is -2.38. The summed E-state index contributed by atoms with van der Waals surface area (Å²) in [6.45, 7) is 5.55. The Morgan fingerprint density at radius 3 is 2.00 bits per heavy atom. The second-order valence-electron chi connectivity index (χ2n) is 3.35. The fourth-order valence-electron chi connectivity index (χ4n) is 0.512. The van der Waals surface area contributed by atoms with E-state index in [-0.39, 0.29) is 11.4 Å². The average Bonchev–Trinajstić information content (AvgIpc) is 1.79. The summed E-state index contributed by atoms with van der Waals surface area (Å²) in [6, 6.07) is 0. The van der Waals surface area contributed by atoms with Crippen LogP contribution < -0.4 is 0 Å². The van der Waals surface area contributed by atoms with Crippen molar-refractivity contribution >= 4 is 10.8 Å². The van der Waals surface area contributed by atoms with Crippen molar-refractivity contribution in [2.45, 2.75) is 26.3 Å². The van der Waals surface area contributed by atoms with Crippen LogP contribution in [0.4, 0.5) is 0 Å². The second kappa shape index (κ2) is 3.80. The lowest BCUT2D eigenvalue weighted by molar-refractivity contribution is 0.169. The largest absolute Gasteiger partial charge is 0.258 e. The Bertz CT molecular complexity index is 164. The Hall–Kier alpha value is -0.450. The summed E-state index contributed by atoms with van der Waals surface area (Å²) in [7, 11) is -1.01. The van der Waals surface area contributed by atoms with Gasteiger partial charge in [-0.05, 0) is 20.8 Å². The molecule has 1 atom stereocenters. The van der Waals surface area contributed by atoms with E-state index in [1.54, 1.807) is 6.26 Å². The normalized spacial score (nSPS) is 14.2. The van der Waals surface area contributed by atoms with Gasteiger partial charge in [0.05, 0.1) is 10.8 Å². The second-order valence-corrected chi connectivity index (χ2v) is 4.76. The van der Waals surface area contributed by atoms with E-state index in [0.29, 0.717) is 0 Å². The van der Waals surface area contributed by atoms with Gasteiger partial charge in [0.15, 0.2) is 0 Å². The molecule has 0 saturated carbocycles. The van der Waals surface area contributed by atoms with Crippen molar-refractivity contribution in [3.8, 4) is 0 Å². The molecule has 5 heteroatoms. The Morgan fingerprint density at radius 1 is 1.45 bits per heavy atom. The first-order valence-electron chi connectivity index (χ1n) is 3.29. The molecule has 0 rings (SSSR count). The fourth-order valence-corrected chi connectivity index (χ4v) is 1.29. The van der Waals surface area contributed by atoms with Crippen molar-refractivity contribution in [1.29, 1.82) is 0 Å². The maximum atomic E-state index is 10.7. The van der Waals surface area contributed by atoms with Crippen LogP contribution in [0, 0.1) is 4.91 Å². The van der Waals surface area contributed by atoms with Gasteiger partial charge in [0.2, 0.25) is 0 Å². The van der Waals surface area contributed by atoms with Crippen molar-refractivity contribution in [2.24, 2.45) is 5.29 Å². The molecule has 66 valence electrons. The van der Waals surface area contributed by atoms with E-state index in [4.69, 9.17) is 0 Å². The molecular weight excluding hydrogens is 164 g/mol. The third-order valence-corrected chi connectivity index (χ3v) is 1.79. The van der Waals surface area contributed by atoms with Crippen molar-refractivity contribution in [1.82, 2.24) is 5.01 Å². The van der Waals surface area contributed by atoms with Gasteiger partial charge in [-0.25, -0.2) is 5.01 Å². The fraction of sp³-hybridized carbons (Fsp3) is 1.00. The number of rotatable bonds is 3. The van der Waals surface area contributed by atoms with Gasteiger partial charge in [-0.15, -0.1) is 4.91 Å². The first kappa shape index (κ1) is 10.6. The number of hydrogen-bond acceptors (Lipinski definition) is 3. The molecule has 0 spiro atoms. The summed E-state index contributed by atoms with van der Waals surface area (Å²) in [5.74, 6) is 0.201. The molecule has 0 heterocycles. The van der Waals surface area contributed by atoms with E-state index in [2.05, 4.69) is 5.29 Å². The van der Waals surface area contributed by atoms with Gasteiger partial charge in [-0.2, -0.15) is 0 Å². The predicted octanol–water partition coefficient (Wildman–Crippen LogP) is 1.10. The van der Waals surface area contributed by atoms with E-state index in [1.807, 2.05) is 20.8 Å². The Balaban J connectivity index is 4.18. The molecular formula is C6H14N2O2S. The Morgan fingerprint density at radius 2 is 1.91 bits per heavy atom. The maximum absolute atomic E-state index is 10.7. The molecule has 0 saturated heterocycles. The molecule has 0 amide bonds. The number of nitrogens with zero attached hydrogens (tertiary/aromatic N) is 2. The molecule has 0 fully saturated rings. The van der Waals surface area contributed by atoms with Crippen molar-refractivity contribution < 1.29 is 4.21 Å². The van der Waals surface area contributed by atoms with Crippen LogP contribution >= 0.6 is 0 Å².